The van der Waals surface area contributed by atoms with Gasteiger partial charge in [0.25, 0.3) is 0 Å². The SMILES string of the molecule is O=C(Nc1cc(OC(COC(=O)c2ccccc2)C(=O)O)c(Cl)cc1C(=O)c1ccccc1)OCc1cccc2c1Cc1ccccc1-2. The Bertz CT molecular complexity index is 2010. The summed E-state index contributed by atoms with van der Waals surface area (Å²) in [6.45, 7) is -0.671. The largest absolute Gasteiger partial charge is 0.478 e. The molecule has 5 aromatic rings. The number of halogens is 1. The third-order valence-electron chi connectivity index (χ3n) is 7.82. The highest BCUT2D eigenvalue weighted by Gasteiger charge is 2.26. The fourth-order valence-electron chi connectivity index (χ4n) is 5.45. The number of hydrogen-bond acceptors (Lipinski definition) is 7. The van der Waals surface area contributed by atoms with Gasteiger partial charge in [-0.15, -0.1) is 0 Å². The van der Waals surface area contributed by atoms with Gasteiger partial charge in [0.2, 0.25) is 6.10 Å². The van der Waals surface area contributed by atoms with Gasteiger partial charge in [0.05, 0.1) is 16.3 Å². The lowest BCUT2D eigenvalue weighted by Gasteiger charge is -2.19. The number of carbonyl (C=O) groups excluding carboxylic acids is 3. The zero-order valence-corrected chi connectivity index (χ0v) is 26.1. The van der Waals surface area contributed by atoms with Crippen molar-refractivity contribution in [3.63, 3.8) is 0 Å². The molecular weight excluding hydrogens is 634 g/mol. The molecule has 0 aromatic heterocycles. The second-order valence-corrected chi connectivity index (χ2v) is 11.3. The Labute approximate surface area is 280 Å². The monoisotopic (exact) mass is 661 g/mol. The molecule has 1 aliphatic rings. The molecule has 1 aliphatic carbocycles. The molecular formula is C38H28ClNO8. The number of anilines is 1. The predicted molar refractivity (Wildman–Crippen MR) is 179 cm³/mol. The van der Waals surface area contributed by atoms with E-state index in [4.69, 9.17) is 25.8 Å². The molecule has 0 radical (unpaired) electrons. The number of fused-ring (bicyclic) bond motifs is 3. The van der Waals surface area contributed by atoms with Gasteiger partial charge in [-0.3, -0.25) is 10.1 Å². The van der Waals surface area contributed by atoms with E-state index in [9.17, 15) is 24.3 Å². The lowest BCUT2D eigenvalue weighted by molar-refractivity contribution is -0.146. The van der Waals surface area contributed by atoms with Gasteiger partial charge >= 0.3 is 18.0 Å². The summed E-state index contributed by atoms with van der Waals surface area (Å²) < 4.78 is 16.4. The third-order valence-corrected chi connectivity index (χ3v) is 8.11. The molecule has 240 valence electrons. The van der Waals surface area contributed by atoms with Gasteiger partial charge in [-0.2, -0.15) is 0 Å². The number of benzene rings is 5. The molecule has 2 N–H and O–H groups in total. The van der Waals surface area contributed by atoms with Crippen molar-refractivity contribution in [1.29, 1.82) is 0 Å². The molecule has 0 aliphatic heterocycles. The highest BCUT2D eigenvalue weighted by Crippen LogP contribution is 2.38. The van der Waals surface area contributed by atoms with E-state index in [1.807, 2.05) is 30.3 Å². The Morgan fingerprint density at radius 2 is 1.44 bits per heavy atom. The van der Waals surface area contributed by atoms with Crippen LogP contribution in [0.1, 0.15) is 43.0 Å². The van der Waals surface area contributed by atoms with Crippen molar-refractivity contribution in [3.8, 4) is 16.9 Å². The van der Waals surface area contributed by atoms with Crippen molar-refractivity contribution in [2.45, 2.75) is 19.1 Å². The smallest absolute Gasteiger partial charge is 0.411 e. The van der Waals surface area contributed by atoms with E-state index in [2.05, 4.69) is 17.4 Å². The number of ketones is 1. The molecule has 1 unspecified atom stereocenters. The average molecular weight is 662 g/mol. The normalized spacial score (nSPS) is 11.9. The topological polar surface area (TPSA) is 128 Å². The molecule has 9 nitrogen and oxygen atoms in total. The minimum Gasteiger partial charge on any atom is -0.478 e. The molecule has 5 aromatic carbocycles. The minimum atomic E-state index is -1.66. The average Bonchev–Trinajstić information content (AvgIpc) is 3.50. The predicted octanol–water partition coefficient (Wildman–Crippen LogP) is 7.58. The van der Waals surface area contributed by atoms with Crippen LogP contribution in [-0.2, 0) is 27.3 Å². The summed E-state index contributed by atoms with van der Waals surface area (Å²) in [6.07, 6.45) is -1.80. The highest BCUT2D eigenvalue weighted by molar-refractivity contribution is 6.33. The highest BCUT2D eigenvalue weighted by atomic mass is 35.5. The number of hydrogen-bond donors (Lipinski definition) is 2. The molecule has 1 amide bonds. The maximum absolute atomic E-state index is 13.5. The molecule has 0 bridgehead atoms. The fourth-order valence-corrected chi connectivity index (χ4v) is 5.65. The molecule has 0 saturated carbocycles. The first-order chi connectivity index (χ1) is 23.3. The summed E-state index contributed by atoms with van der Waals surface area (Å²) in [7, 11) is 0. The summed E-state index contributed by atoms with van der Waals surface area (Å²) in [5.74, 6) is -2.79. The van der Waals surface area contributed by atoms with Crippen LogP contribution in [0.3, 0.4) is 0 Å². The first-order valence-corrected chi connectivity index (χ1v) is 15.3. The van der Waals surface area contributed by atoms with Crippen molar-refractivity contribution in [1.82, 2.24) is 0 Å². The zero-order chi connectivity index (χ0) is 33.6. The number of amides is 1. The number of esters is 1. The van der Waals surface area contributed by atoms with E-state index in [-0.39, 0.29) is 34.2 Å². The van der Waals surface area contributed by atoms with Crippen LogP contribution in [-0.4, -0.2) is 41.6 Å². The van der Waals surface area contributed by atoms with Gasteiger partial charge in [0, 0.05) is 17.2 Å². The first kappa shape index (κ1) is 32.0. The number of nitrogens with one attached hydrogen (secondary N) is 1. The van der Waals surface area contributed by atoms with Crippen molar-refractivity contribution in [3.05, 3.63) is 154 Å². The summed E-state index contributed by atoms with van der Waals surface area (Å²) in [5.41, 5.74) is 5.90. The molecule has 0 spiro atoms. The number of carboxylic acids is 1. The number of carboxylic acid groups (broad SMARTS) is 1. The maximum Gasteiger partial charge on any atom is 0.411 e. The lowest BCUT2D eigenvalue weighted by atomic mass is 10.0. The van der Waals surface area contributed by atoms with Crippen molar-refractivity contribution < 1.29 is 38.5 Å². The summed E-state index contributed by atoms with van der Waals surface area (Å²) in [4.78, 5) is 51.2. The van der Waals surface area contributed by atoms with Gasteiger partial charge in [-0.05, 0) is 52.4 Å². The van der Waals surface area contributed by atoms with Gasteiger partial charge in [0.15, 0.2) is 5.78 Å². The van der Waals surface area contributed by atoms with Gasteiger partial charge in [-0.1, -0.05) is 103 Å². The van der Waals surface area contributed by atoms with E-state index in [1.54, 1.807) is 48.5 Å². The second-order valence-electron chi connectivity index (χ2n) is 10.9. The van der Waals surface area contributed by atoms with Crippen LogP contribution >= 0.6 is 11.6 Å². The van der Waals surface area contributed by atoms with E-state index in [0.29, 0.717) is 12.0 Å². The van der Waals surface area contributed by atoms with Gasteiger partial charge < -0.3 is 19.3 Å². The van der Waals surface area contributed by atoms with E-state index < -0.39 is 36.5 Å². The van der Waals surface area contributed by atoms with Crippen LogP contribution in [0.2, 0.25) is 5.02 Å². The van der Waals surface area contributed by atoms with Crippen molar-refractivity contribution in [2.24, 2.45) is 0 Å². The molecule has 0 heterocycles. The molecule has 0 fully saturated rings. The van der Waals surface area contributed by atoms with Crippen LogP contribution < -0.4 is 10.1 Å². The Morgan fingerprint density at radius 3 is 2.17 bits per heavy atom. The quantitative estimate of drug-likeness (QED) is 0.107. The number of rotatable bonds is 11. The number of aliphatic carboxylic acids is 1. The Balaban J connectivity index is 1.22. The zero-order valence-electron chi connectivity index (χ0n) is 25.4. The molecule has 48 heavy (non-hydrogen) atoms. The van der Waals surface area contributed by atoms with Gasteiger partial charge in [-0.25, -0.2) is 14.4 Å². The van der Waals surface area contributed by atoms with E-state index >= 15 is 0 Å². The molecule has 0 saturated heterocycles. The number of carbonyl (C=O) groups is 4. The summed E-state index contributed by atoms with van der Waals surface area (Å²) in [6, 6.07) is 32.9. The standard InChI is InChI=1S/C38H28ClNO8/c39-31-19-30(35(41)23-10-3-1-4-11-23)32(20-33(31)48-34(36(42)43)22-46-37(44)24-12-5-2-6-13-24)40-38(45)47-21-26-15-9-17-28-27-16-8-7-14-25(27)18-29(26)28/h1-17,19-20,34H,18,21-22H2,(H,40,45)(H,42,43). The summed E-state index contributed by atoms with van der Waals surface area (Å²) >= 11 is 6.49. The molecule has 6 rings (SSSR count). The Kier molecular flexibility index (Phi) is 9.50. The second kappa shape index (κ2) is 14.2. The van der Waals surface area contributed by atoms with Crippen molar-refractivity contribution >= 4 is 41.1 Å². The Hall–Kier alpha value is -5.93. The van der Waals surface area contributed by atoms with Crippen molar-refractivity contribution in [2.75, 3.05) is 11.9 Å². The number of ether oxygens (including phenoxy) is 3. The lowest BCUT2D eigenvalue weighted by Crippen LogP contribution is -2.33. The third kappa shape index (κ3) is 7.06. The van der Waals surface area contributed by atoms with Crippen LogP contribution in [0, 0.1) is 0 Å². The minimum absolute atomic E-state index is 0.0222. The maximum atomic E-state index is 13.5. The van der Waals surface area contributed by atoms with Crippen LogP contribution in [0.25, 0.3) is 11.1 Å². The summed E-state index contributed by atoms with van der Waals surface area (Å²) in [5, 5.41) is 12.3. The molecule has 10 heteroatoms. The Morgan fingerprint density at radius 1 is 0.771 bits per heavy atom. The van der Waals surface area contributed by atoms with Crippen LogP contribution in [0.15, 0.2) is 115 Å². The van der Waals surface area contributed by atoms with E-state index in [0.717, 1.165) is 22.3 Å². The van der Waals surface area contributed by atoms with E-state index in [1.165, 1.54) is 29.8 Å². The fraction of sp³-hybridized carbons (Fsp3) is 0.105. The van der Waals surface area contributed by atoms with Gasteiger partial charge in [0.1, 0.15) is 19.0 Å². The van der Waals surface area contributed by atoms with Crippen LogP contribution in [0.4, 0.5) is 10.5 Å². The molecule has 1 atom stereocenters. The first-order valence-electron chi connectivity index (χ1n) is 15.0. The van der Waals surface area contributed by atoms with Crippen LogP contribution in [0.5, 0.6) is 5.75 Å².